The van der Waals surface area contributed by atoms with Crippen molar-refractivity contribution in [3.05, 3.63) is 0 Å². The van der Waals surface area contributed by atoms with Gasteiger partial charge in [-0.25, -0.2) is 0 Å². The van der Waals surface area contributed by atoms with Crippen LogP contribution in [0.25, 0.3) is 0 Å². The number of carboxylic acid groups (broad SMARTS) is 1. The van der Waals surface area contributed by atoms with E-state index >= 15 is 0 Å². The van der Waals surface area contributed by atoms with E-state index in [4.69, 9.17) is 5.11 Å². The summed E-state index contributed by atoms with van der Waals surface area (Å²) in [6, 6.07) is 0. The fourth-order valence-electron chi connectivity index (χ4n) is 1.62. The van der Waals surface area contributed by atoms with Gasteiger partial charge in [0.05, 0.1) is 6.42 Å². The van der Waals surface area contributed by atoms with E-state index in [-0.39, 0.29) is 39.0 Å². The highest BCUT2D eigenvalue weighted by atomic mass is 19.4. The minimum Gasteiger partial charge on any atom is -0.481 e. The number of rotatable bonds is 10. The Labute approximate surface area is 138 Å². The van der Waals surface area contributed by atoms with Crippen molar-refractivity contribution in [1.82, 2.24) is 15.5 Å². The summed E-state index contributed by atoms with van der Waals surface area (Å²) in [5.41, 5.74) is 0. The molecule has 0 saturated heterocycles. The SMILES string of the molecule is O=C(O)CCN(CCCNC(=O)C(F)(F)F)CCNC(=O)C(F)(F)F. The summed E-state index contributed by atoms with van der Waals surface area (Å²) >= 11 is 0. The molecule has 0 fully saturated rings. The van der Waals surface area contributed by atoms with Crippen molar-refractivity contribution >= 4 is 17.8 Å². The van der Waals surface area contributed by atoms with Gasteiger partial charge in [0.15, 0.2) is 0 Å². The monoisotopic (exact) mass is 381 g/mol. The van der Waals surface area contributed by atoms with Crippen LogP contribution in [-0.2, 0) is 14.4 Å². The van der Waals surface area contributed by atoms with Gasteiger partial charge < -0.3 is 20.6 Å². The normalized spacial score (nSPS) is 12.1. The van der Waals surface area contributed by atoms with E-state index < -0.39 is 36.7 Å². The van der Waals surface area contributed by atoms with Crippen molar-refractivity contribution in [2.24, 2.45) is 0 Å². The Kier molecular flexibility index (Phi) is 9.23. The number of aliphatic carboxylic acids is 1. The van der Waals surface area contributed by atoms with Crippen molar-refractivity contribution in [3.8, 4) is 0 Å². The Hall–Kier alpha value is -2.05. The molecule has 0 aromatic rings. The number of halogens is 6. The third-order valence-corrected chi connectivity index (χ3v) is 2.81. The number of carbonyl (C=O) groups excluding carboxylic acids is 2. The van der Waals surface area contributed by atoms with Gasteiger partial charge in [0.1, 0.15) is 0 Å². The Morgan fingerprint density at radius 3 is 1.72 bits per heavy atom. The van der Waals surface area contributed by atoms with Crippen LogP contribution in [0.1, 0.15) is 12.8 Å². The molecule has 0 aromatic carbocycles. The fourth-order valence-corrected chi connectivity index (χ4v) is 1.62. The second kappa shape index (κ2) is 10.1. The van der Waals surface area contributed by atoms with E-state index in [0.717, 1.165) is 0 Å². The highest BCUT2D eigenvalue weighted by Crippen LogP contribution is 2.14. The van der Waals surface area contributed by atoms with Crippen molar-refractivity contribution in [3.63, 3.8) is 0 Å². The average molecular weight is 381 g/mol. The molecule has 0 spiro atoms. The van der Waals surface area contributed by atoms with Gasteiger partial charge in [-0.05, 0) is 13.0 Å². The number of nitrogens with one attached hydrogen (secondary N) is 2. The van der Waals surface area contributed by atoms with E-state index in [2.05, 4.69) is 0 Å². The first-order valence-electron chi connectivity index (χ1n) is 6.98. The van der Waals surface area contributed by atoms with Crippen molar-refractivity contribution in [2.45, 2.75) is 25.2 Å². The quantitative estimate of drug-likeness (QED) is 0.378. The third kappa shape index (κ3) is 11.2. The highest BCUT2D eigenvalue weighted by molar-refractivity contribution is 5.81. The van der Waals surface area contributed by atoms with Crippen LogP contribution >= 0.6 is 0 Å². The molecule has 0 bridgehead atoms. The fraction of sp³-hybridized carbons (Fsp3) is 0.750. The second-order valence-electron chi connectivity index (χ2n) is 4.85. The first-order chi connectivity index (χ1) is 11.3. The molecule has 0 aliphatic rings. The molecule has 0 aromatic heterocycles. The molecule has 0 heterocycles. The van der Waals surface area contributed by atoms with Crippen LogP contribution < -0.4 is 10.6 Å². The topological polar surface area (TPSA) is 98.7 Å². The molecule has 0 rings (SSSR count). The summed E-state index contributed by atoms with van der Waals surface area (Å²) in [6.07, 6.45) is -10.4. The van der Waals surface area contributed by atoms with Crippen LogP contribution in [-0.4, -0.2) is 72.9 Å². The lowest BCUT2D eigenvalue weighted by molar-refractivity contribution is -0.173. The number of hydrogen-bond donors (Lipinski definition) is 3. The van der Waals surface area contributed by atoms with Crippen molar-refractivity contribution in [2.75, 3.05) is 32.7 Å². The van der Waals surface area contributed by atoms with Crippen molar-refractivity contribution in [1.29, 1.82) is 0 Å². The zero-order valence-electron chi connectivity index (χ0n) is 12.8. The molecule has 13 heteroatoms. The highest BCUT2D eigenvalue weighted by Gasteiger charge is 2.38. The molecular formula is C12H17F6N3O4. The molecule has 146 valence electrons. The summed E-state index contributed by atoms with van der Waals surface area (Å²) in [7, 11) is 0. The number of carbonyl (C=O) groups is 3. The predicted molar refractivity (Wildman–Crippen MR) is 71.4 cm³/mol. The summed E-state index contributed by atoms with van der Waals surface area (Å²) in [5, 5.41) is 11.8. The average Bonchev–Trinajstić information content (AvgIpc) is 2.45. The smallest absolute Gasteiger partial charge is 0.471 e. The molecule has 25 heavy (non-hydrogen) atoms. The number of hydrogen-bond acceptors (Lipinski definition) is 4. The van der Waals surface area contributed by atoms with Gasteiger partial charge >= 0.3 is 30.1 Å². The summed E-state index contributed by atoms with van der Waals surface area (Å²) < 4.78 is 71.9. The lowest BCUT2D eigenvalue weighted by atomic mass is 10.3. The molecule has 0 aliphatic heterocycles. The molecule has 0 atom stereocenters. The van der Waals surface area contributed by atoms with E-state index in [9.17, 15) is 40.7 Å². The van der Waals surface area contributed by atoms with Crippen LogP contribution in [0.15, 0.2) is 0 Å². The predicted octanol–water partition coefficient (Wildman–Crippen LogP) is 0.510. The van der Waals surface area contributed by atoms with Gasteiger partial charge in [-0.1, -0.05) is 0 Å². The molecule has 3 N–H and O–H groups in total. The Bertz CT molecular complexity index is 467. The van der Waals surface area contributed by atoms with Crippen LogP contribution in [0.4, 0.5) is 26.3 Å². The third-order valence-electron chi connectivity index (χ3n) is 2.81. The minimum absolute atomic E-state index is 0.00859. The Morgan fingerprint density at radius 1 is 0.800 bits per heavy atom. The van der Waals surface area contributed by atoms with Crippen LogP contribution in [0.2, 0.25) is 0 Å². The second-order valence-corrected chi connectivity index (χ2v) is 4.85. The van der Waals surface area contributed by atoms with Gasteiger partial charge in [0.25, 0.3) is 0 Å². The first kappa shape index (κ1) is 22.9. The lowest BCUT2D eigenvalue weighted by Gasteiger charge is -2.22. The standard InChI is InChI=1S/C12H17F6N3O4/c13-11(14,15)9(24)19-3-1-5-21(6-2-8(22)23)7-4-20-10(25)12(16,17)18/h1-7H2,(H,19,24)(H,20,25)(H,22,23). The molecule has 0 radical (unpaired) electrons. The summed E-state index contributed by atoms with van der Waals surface area (Å²) in [4.78, 5) is 33.1. The Balaban J connectivity index is 4.28. The molecule has 7 nitrogen and oxygen atoms in total. The zero-order valence-corrected chi connectivity index (χ0v) is 12.8. The van der Waals surface area contributed by atoms with Gasteiger partial charge in [0, 0.05) is 26.2 Å². The maximum atomic E-state index is 12.0. The molecule has 2 amide bonds. The summed E-state index contributed by atoms with van der Waals surface area (Å²) in [6.45, 7) is -0.968. The van der Waals surface area contributed by atoms with E-state index in [1.54, 1.807) is 10.6 Å². The first-order valence-corrected chi connectivity index (χ1v) is 6.98. The summed E-state index contributed by atoms with van der Waals surface area (Å²) in [5.74, 6) is -5.44. The lowest BCUT2D eigenvalue weighted by Crippen LogP contribution is -2.42. The van der Waals surface area contributed by atoms with E-state index in [0.29, 0.717) is 0 Å². The maximum absolute atomic E-state index is 12.0. The van der Waals surface area contributed by atoms with Gasteiger partial charge in [-0.3, -0.25) is 14.4 Å². The van der Waals surface area contributed by atoms with Gasteiger partial charge in [-0.2, -0.15) is 26.3 Å². The largest absolute Gasteiger partial charge is 0.481 e. The van der Waals surface area contributed by atoms with Gasteiger partial charge in [-0.15, -0.1) is 0 Å². The molecule has 0 unspecified atom stereocenters. The van der Waals surface area contributed by atoms with Crippen LogP contribution in [0, 0.1) is 0 Å². The molecule has 0 aliphatic carbocycles. The number of carboxylic acids is 1. The molecule has 0 saturated carbocycles. The number of nitrogens with zero attached hydrogens (tertiary/aromatic N) is 1. The number of alkyl halides is 6. The minimum atomic E-state index is -5.05. The Morgan fingerprint density at radius 2 is 1.28 bits per heavy atom. The van der Waals surface area contributed by atoms with E-state index in [1.807, 2.05) is 0 Å². The van der Waals surface area contributed by atoms with Crippen molar-refractivity contribution < 1.29 is 45.8 Å². The van der Waals surface area contributed by atoms with E-state index in [1.165, 1.54) is 4.90 Å². The zero-order chi connectivity index (χ0) is 19.7. The van der Waals surface area contributed by atoms with Gasteiger partial charge in [0.2, 0.25) is 0 Å². The number of amides is 2. The molecular weight excluding hydrogens is 364 g/mol. The maximum Gasteiger partial charge on any atom is 0.471 e. The van der Waals surface area contributed by atoms with Crippen LogP contribution in [0.5, 0.6) is 0 Å². The van der Waals surface area contributed by atoms with Crippen LogP contribution in [0.3, 0.4) is 0 Å².